The summed E-state index contributed by atoms with van der Waals surface area (Å²) in [5.74, 6) is 0.757. The molecule has 0 aromatic carbocycles. The van der Waals surface area contributed by atoms with Crippen LogP contribution in [0.5, 0.6) is 6.01 Å². The maximum Gasteiger partial charge on any atom is 0.298 e. The van der Waals surface area contributed by atoms with Crippen molar-refractivity contribution < 1.29 is 4.74 Å². The van der Waals surface area contributed by atoms with Crippen molar-refractivity contribution in [1.82, 2.24) is 9.55 Å². The Morgan fingerprint density at radius 3 is 2.71 bits per heavy atom. The Bertz CT molecular complexity index is 349. The van der Waals surface area contributed by atoms with Gasteiger partial charge >= 0.3 is 0 Å². The van der Waals surface area contributed by atoms with Crippen molar-refractivity contribution in [2.75, 3.05) is 12.3 Å². The van der Waals surface area contributed by atoms with Crippen molar-refractivity contribution in [3.8, 4) is 6.01 Å². The van der Waals surface area contributed by atoms with Gasteiger partial charge in [-0.2, -0.15) is 4.98 Å². The highest BCUT2D eigenvalue weighted by molar-refractivity contribution is 5.44. The van der Waals surface area contributed by atoms with Crippen molar-refractivity contribution >= 4 is 5.82 Å². The Labute approximate surface area is 84.1 Å². The van der Waals surface area contributed by atoms with Crippen LogP contribution in [0.2, 0.25) is 0 Å². The van der Waals surface area contributed by atoms with E-state index in [0.29, 0.717) is 6.01 Å². The van der Waals surface area contributed by atoms with Gasteiger partial charge in [0.05, 0.1) is 12.3 Å². The molecule has 0 saturated carbocycles. The van der Waals surface area contributed by atoms with Crippen molar-refractivity contribution in [2.45, 2.75) is 39.2 Å². The zero-order chi connectivity index (χ0) is 10.3. The molecule has 2 heterocycles. The molecule has 0 aliphatic carbocycles. The van der Waals surface area contributed by atoms with Crippen LogP contribution in [0.1, 0.15) is 32.9 Å². The lowest BCUT2D eigenvalue weighted by atomic mass is 9.92. The van der Waals surface area contributed by atoms with Crippen molar-refractivity contribution in [3.63, 3.8) is 0 Å². The summed E-state index contributed by atoms with van der Waals surface area (Å²) < 4.78 is 7.41. The lowest BCUT2D eigenvalue weighted by molar-refractivity contribution is 0.232. The Hall–Kier alpha value is -1.19. The van der Waals surface area contributed by atoms with E-state index in [9.17, 15) is 0 Å². The summed E-state index contributed by atoms with van der Waals surface area (Å²) in [6.07, 6.45) is 1.01. The van der Waals surface area contributed by atoms with Gasteiger partial charge in [-0.3, -0.25) is 4.57 Å². The average Bonchev–Trinajstić information content (AvgIpc) is 2.44. The van der Waals surface area contributed by atoms with Gasteiger partial charge in [-0.15, -0.1) is 0 Å². The van der Waals surface area contributed by atoms with Crippen molar-refractivity contribution in [1.29, 1.82) is 0 Å². The Kier molecular flexibility index (Phi) is 1.94. The first kappa shape index (κ1) is 9.37. The number of rotatable bonds is 0. The molecule has 4 heteroatoms. The molecule has 1 aromatic rings. The molecule has 0 fully saturated rings. The molecule has 14 heavy (non-hydrogen) atoms. The van der Waals surface area contributed by atoms with Crippen LogP contribution in [0.4, 0.5) is 5.82 Å². The van der Waals surface area contributed by atoms with Crippen LogP contribution < -0.4 is 10.5 Å². The molecule has 0 radical (unpaired) electrons. The maximum absolute atomic E-state index is 6.03. The summed E-state index contributed by atoms with van der Waals surface area (Å²) in [6.45, 7) is 8.00. The molecule has 1 aliphatic heterocycles. The zero-order valence-corrected chi connectivity index (χ0v) is 9.00. The molecular weight excluding hydrogens is 178 g/mol. The number of nitrogens with zero attached hydrogens (tertiary/aromatic N) is 2. The van der Waals surface area contributed by atoms with Crippen LogP contribution in [0.3, 0.4) is 0 Å². The number of aromatic nitrogens is 2. The molecule has 0 saturated heterocycles. The van der Waals surface area contributed by atoms with Crippen molar-refractivity contribution in [3.05, 3.63) is 5.69 Å². The number of imidazole rings is 1. The minimum Gasteiger partial charge on any atom is -0.465 e. The largest absolute Gasteiger partial charge is 0.465 e. The number of hydrogen-bond donors (Lipinski definition) is 1. The Morgan fingerprint density at radius 2 is 2.14 bits per heavy atom. The first-order valence-electron chi connectivity index (χ1n) is 4.99. The zero-order valence-electron chi connectivity index (χ0n) is 9.00. The number of nitrogens with two attached hydrogens (primary N) is 1. The number of nitrogen functional groups attached to an aromatic ring is 1. The third-order valence-corrected chi connectivity index (χ3v) is 2.44. The van der Waals surface area contributed by atoms with E-state index >= 15 is 0 Å². The second kappa shape index (κ2) is 2.90. The Morgan fingerprint density at radius 1 is 1.43 bits per heavy atom. The van der Waals surface area contributed by atoms with E-state index in [4.69, 9.17) is 10.5 Å². The van der Waals surface area contributed by atoms with E-state index in [-0.39, 0.29) is 5.41 Å². The molecule has 0 bridgehead atoms. The third-order valence-electron chi connectivity index (χ3n) is 2.44. The molecule has 4 nitrogen and oxygen atoms in total. The molecule has 1 aliphatic rings. The quantitative estimate of drug-likeness (QED) is 0.683. The summed E-state index contributed by atoms with van der Waals surface area (Å²) in [7, 11) is 0. The fraction of sp³-hybridized carbons (Fsp3) is 0.700. The predicted molar refractivity (Wildman–Crippen MR) is 55.5 cm³/mol. The summed E-state index contributed by atoms with van der Waals surface area (Å²) >= 11 is 0. The summed E-state index contributed by atoms with van der Waals surface area (Å²) in [5.41, 5.74) is 6.95. The predicted octanol–water partition coefficient (Wildman–Crippen LogP) is 1.55. The fourth-order valence-corrected chi connectivity index (χ4v) is 1.71. The third kappa shape index (κ3) is 1.35. The fourth-order valence-electron chi connectivity index (χ4n) is 1.71. The van der Waals surface area contributed by atoms with Gasteiger partial charge in [-0.05, 0) is 6.42 Å². The summed E-state index contributed by atoms with van der Waals surface area (Å²) in [4.78, 5) is 4.44. The average molecular weight is 195 g/mol. The van der Waals surface area contributed by atoms with E-state index in [0.717, 1.165) is 31.1 Å². The Balaban J connectivity index is 2.49. The maximum atomic E-state index is 6.03. The highest BCUT2D eigenvalue weighted by Gasteiger charge is 2.26. The SMILES string of the molecule is CC(C)(C)c1nc2n(c1N)CCCO2. The topological polar surface area (TPSA) is 53.1 Å². The number of hydrogen-bond acceptors (Lipinski definition) is 3. The molecular formula is C10H17N3O. The van der Waals surface area contributed by atoms with Crippen molar-refractivity contribution in [2.24, 2.45) is 0 Å². The molecule has 2 N–H and O–H groups in total. The van der Waals surface area contributed by atoms with Gasteiger partial charge in [0.2, 0.25) is 0 Å². The van der Waals surface area contributed by atoms with Gasteiger partial charge in [0.15, 0.2) is 0 Å². The number of anilines is 1. The van der Waals surface area contributed by atoms with Crippen LogP contribution in [0, 0.1) is 0 Å². The monoisotopic (exact) mass is 195 g/mol. The minimum atomic E-state index is -0.0161. The first-order valence-corrected chi connectivity index (χ1v) is 4.99. The van der Waals surface area contributed by atoms with Gasteiger partial charge < -0.3 is 10.5 Å². The van der Waals surface area contributed by atoms with Gasteiger partial charge in [-0.25, -0.2) is 0 Å². The van der Waals surface area contributed by atoms with Crippen LogP contribution >= 0.6 is 0 Å². The van der Waals surface area contributed by atoms with Gasteiger partial charge in [0.25, 0.3) is 6.01 Å². The minimum absolute atomic E-state index is 0.0161. The molecule has 0 unspecified atom stereocenters. The highest BCUT2D eigenvalue weighted by Crippen LogP contribution is 2.32. The van der Waals surface area contributed by atoms with Gasteiger partial charge in [0.1, 0.15) is 5.82 Å². The summed E-state index contributed by atoms with van der Waals surface area (Å²) in [6, 6.07) is 0.679. The smallest absolute Gasteiger partial charge is 0.298 e. The normalized spacial score (nSPS) is 16.2. The van der Waals surface area contributed by atoms with Gasteiger partial charge in [0, 0.05) is 12.0 Å². The molecule has 0 spiro atoms. The van der Waals surface area contributed by atoms with Crippen LogP contribution in [0.25, 0.3) is 0 Å². The van der Waals surface area contributed by atoms with E-state index < -0.39 is 0 Å². The van der Waals surface area contributed by atoms with Crippen LogP contribution in [-0.4, -0.2) is 16.2 Å². The van der Waals surface area contributed by atoms with E-state index in [2.05, 4.69) is 25.8 Å². The van der Waals surface area contributed by atoms with E-state index in [1.165, 1.54) is 0 Å². The second-order valence-electron chi connectivity index (χ2n) is 4.73. The van der Waals surface area contributed by atoms with E-state index in [1.54, 1.807) is 0 Å². The molecule has 0 amide bonds. The van der Waals surface area contributed by atoms with Crippen LogP contribution in [0.15, 0.2) is 0 Å². The molecule has 0 atom stereocenters. The second-order valence-corrected chi connectivity index (χ2v) is 4.73. The molecule has 1 aromatic heterocycles. The summed E-state index contributed by atoms with van der Waals surface area (Å²) in [5, 5.41) is 0. The molecule has 2 rings (SSSR count). The number of ether oxygens (including phenoxy) is 1. The number of fused-ring (bicyclic) bond motifs is 1. The lowest BCUT2D eigenvalue weighted by Gasteiger charge is -2.17. The van der Waals surface area contributed by atoms with E-state index in [1.807, 2.05) is 4.57 Å². The lowest BCUT2D eigenvalue weighted by Crippen LogP contribution is -2.17. The van der Waals surface area contributed by atoms with Crippen LogP contribution in [-0.2, 0) is 12.0 Å². The standard InChI is InChI=1S/C10H17N3O/c1-10(2,3)7-8(11)13-5-4-6-14-9(13)12-7/h4-6,11H2,1-3H3. The highest BCUT2D eigenvalue weighted by atomic mass is 16.5. The first-order chi connectivity index (χ1) is 6.50. The van der Waals surface area contributed by atoms with Gasteiger partial charge in [-0.1, -0.05) is 20.8 Å². The molecule has 78 valence electrons.